The molecule has 4 rings (SSSR count). The van der Waals surface area contributed by atoms with Crippen LogP contribution >= 0.6 is 0 Å². The highest BCUT2D eigenvalue weighted by atomic mass is 32.2. The number of ether oxygens (including phenoxy) is 1. The molecule has 0 unspecified atom stereocenters. The molecule has 0 fully saturated rings. The van der Waals surface area contributed by atoms with Crippen LogP contribution in [-0.2, 0) is 14.8 Å². The number of carboxylic acids is 1. The SMILES string of the molecule is NS(=O)(=O)c1ccc(NC(=O)OCC2c3ccccc3-c3ccccc32)c(C(=O)O)c1. The lowest BCUT2D eigenvalue weighted by atomic mass is 9.98. The number of benzene rings is 3. The van der Waals surface area contributed by atoms with Crippen molar-refractivity contribution in [2.75, 3.05) is 11.9 Å². The Labute approximate surface area is 178 Å². The van der Waals surface area contributed by atoms with E-state index in [4.69, 9.17) is 9.88 Å². The molecule has 0 saturated carbocycles. The lowest BCUT2D eigenvalue weighted by Crippen LogP contribution is -2.20. The van der Waals surface area contributed by atoms with E-state index < -0.39 is 27.6 Å². The smallest absolute Gasteiger partial charge is 0.411 e. The minimum Gasteiger partial charge on any atom is -0.478 e. The lowest BCUT2D eigenvalue weighted by molar-refractivity contribution is 0.0697. The first kappa shape index (κ1) is 20.6. The largest absolute Gasteiger partial charge is 0.478 e. The van der Waals surface area contributed by atoms with Crippen molar-refractivity contribution in [2.24, 2.45) is 5.14 Å². The summed E-state index contributed by atoms with van der Waals surface area (Å²) in [5.74, 6) is -1.57. The number of rotatable bonds is 5. The number of aromatic carboxylic acids is 1. The molecule has 3 aromatic carbocycles. The van der Waals surface area contributed by atoms with Gasteiger partial charge in [0.2, 0.25) is 10.0 Å². The van der Waals surface area contributed by atoms with Crippen LogP contribution in [0.2, 0.25) is 0 Å². The zero-order valence-electron chi connectivity index (χ0n) is 16.1. The highest BCUT2D eigenvalue weighted by Gasteiger charge is 2.29. The maximum atomic E-state index is 12.4. The average Bonchev–Trinajstić information content (AvgIpc) is 3.05. The van der Waals surface area contributed by atoms with Crippen molar-refractivity contribution in [1.82, 2.24) is 0 Å². The molecule has 0 bridgehead atoms. The van der Waals surface area contributed by atoms with Crippen molar-refractivity contribution in [3.63, 3.8) is 0 Å². The fourth-order valence-electron chi connectivity index (χ4n) is 3.73. The number of sulfonamides is 1. The first-order chi connectivity index (χ1) is 14.8. The van der Waals surface area contributed by atoms with E-state index >= 15 is 0 Å². The molecule has 4 N–H and O–H groups in total. The monoisotopic (exact) mass is 438 g/mol. The van der Waals surface area contributed by atoms with Crippen LogP contribution in [-0.4, -0.2) is 32.2 Å². The van der Waals surface area contributed by atoms with Crippen LogP contribution in [0.4, 0.5) is 10.5 Å². The summed E-state index contributed by atoms with van der Waals surface area (Å²) in [6, 6.07) is 18.9. The van der Waals surface area contributed by atoms with E-state index in [-0.39, 0.29) is 23.1 Å². The highest BCUT2D eigenvalue weighted by molar-refractivity contribution is 7.89. The molecule has 0 heterocycles. The number of hydrogen-bond acceptors (Lipinski definition) is 5. The summed E-state index contributed by atoms with van der Waals surface area (Å²) in [7, 11) is -4.09. The van der Waals surface area contributed by atoms with Crippen LogP contribution in [0, 0.1) is 0 Å². The molecule has 1 aliphatic rings. The Balaban J connectivity index is 1.53. The fourth-order valence-corrected chi connectivity index (χ4v) is 4.27. The van der Waals surface area contributed by atoms with Crippen molar-refractivity contribution in [3.8, 4) is 11.1 Å². The first-order valence-electron chi connectivity index (χ1n) is 9.28. The van der Waals surface area contributed by atoms with E-state index in [1.807, 2.05) is 48.5 Å². The van der Waals surface area contributed by atoms with Crippen LogP contribution in [0.1, 0.15) is 27.4 Å². The molecular weight excluding hydrogens is 420 g/mol. The maximum absolute atomic E-state index is 12.4. The van der Waals surface area contributed by atoms with Gasteiger partial charge in [-0.25, -0.2) is 23.1 Å². The third-order valence-electron chi connectivity index (χ3n) is 5.13. The molecule has 0 spiro atoms. The first-order valence-corrected chi connectivity index (χ1v) is 10.8. The van der Waals surface area contributed by atoms with Gasteiger partial charge in [0, 0.05) is 5.92 Å². The van der Waals surface area contributed by atoms with Crippen molar-refractivity contribution in [3.05, 3.63) is 83.4 Å². The molecule has 0 saturated heterocycles. The number of nitrogens with two attached hydrogens (primary N) is 1. The third kappa shape index (κ3) is 4.00. The molecule has 0 aliphatic heterocycles. The minimum absolute atomic E-state index is 0.0531. The van der Waals surface area contributed by atoms with Crippen LogP contribution < -0.4 is 10.5 Å². The molecule has 9 heteroatoms. The molecule has 0 radical (unpaired) electrons. The second-order valence-corrected chi connectivity index (χ2v) is 8.57. The van der Waals surface area contributed by atoms with Gasteiger partial charge < -0.3 is 9.84 Å². The Hall–Kier alpha value is -3.69. The van der Waals surface area contributed by atoms with Gasteiger partial charge in [-0.05, 0) is 40.5 Å². The Bertz CT molecular complexity index is 1260. The average molecular weight is 438 g/mol. The van der Waals surface area contributed by atoms with E-state index in [1.54, 1.807) is 0 Å². The Morgan fingerprint density at radius 2 is 1.55 bits per heavy atom. The minimum atomic E-state index is -4.09. The molecular formula is C22H18N2O6S. The molecule has 8 nitrogen and oxygen atoms in total. The molecule has 1 aliphatic carbocycles. The molecule has 0 atom stereocenters. The molecule has 31 heavy (non-hydrogen) atoms. The summed E-state index contributed by atoms with van der Waals surface area (Å²) >= 11 is 0. The number of carbonyl (C=O) groups is 2. The third-order valence-corrected chi connectivity index (χ3v) is 6.04. The summed E-state index contributed by atoms with van der Waals surface area (Å²) in [6.45, 7) is 0.0531. The van der Waals surface area contributed by atoms with Gasteiger partial charge in [-0.3, -0.25) is 5.32 Å². The van der Waals surface area contributed by atoms with Crippen LogP contribution in [0.25, 0.3) is 11.1 Å². The Morgan fingerprint density at radius 3 is 2.10 bits per heavy atom. The number of fused-ring (bicyclic) bond motifs is 3. The lowest BCUT2D eigenvalue weighted by Gasteiger charge is -2.15. The van der Waals surface area contributed by atoms with Gasteiger partial charge in [0.05, 0.1) is 16.1 Å². The van der Waals surface area contributed by atoms with Crippen molar-refractivity contribution in [2.45, 2.75) is 10.8 Å². The summed E-state index contributed by atoms with van der Waals surface area (Å²) in [6.07, 6.45) is -0.854. The van der Waals surface area contributed by atoms with Gasteiger partial charge in [0.25, 0.3) is 0 Å². The predicted octanol–water partition coefficient (Wildman–Crippen LogP) is 3.39. The fraction of sp³-hybridized carbons (Fsp3) is 0.0909. The summed E-state index contributed by atoms with van der Waals surface area (Å²) in [5, 5.41) is 16.8. The van der Waals surface area contributed by atoms with Gasteiger partial charge in [-0.1, -0.05) is 48.5 Å². The normalized spacial score (nSPS) is 12.7. The predicted molar refractivity (Wildman–Crippen MR) is 113 cm³/mol. The molecule has 158 valence electrons. The molecule has 0 aromatic heterocycles. The number of amides is 1. The Morgan fingerprint density at radius 1 is 0.968 bits per heavy atom. The highest BCUT2D eigenvalue weighted by Crippen LogP contribution is 2.44. The van der Waals surface area contributed by atoms with Crippen molar-refractivity contribution >= 4 is 27.8 Å². The van der Waals surface area contributed by atoms with E-state index in [2.05, 4.69) is 5.32 Å². The molecule has 1 amide bonds. The number of anilines is 1. The number of carboxylic acid groups (broad SMARTS) is 1. The van der Waals surface area contributed by atoms with Gasteiger partial charge in [-0.15, -0.1) is 0 Å². The van der Waals surface area contributed by atoms with Gasteiger partial charge in [0.1, 0.15) is 6.61 Å². The van der Waals surface area contributed by atoms with Gasteiger partial charge in [0.15, 0.2) is 0 Å². The number of nitrogens with one attached hydrogen (secondary N) is 1. The van der Waals surface area contributed by atoms with Crippen molar-refractivity contribution in [1.29, 1.82) is 0 Å². The van der Waals surface area contributed by atoms with E-state index in [1.165, 1.54) is 0 Å². The summed E-state index contributed by atoms with van der Waals surface area (Å²) in [5.41, 5.74) is 3.73. The summed E-state index contributed by atoms with van der Waals surface area (Å²) < 4.78 is 28.3. The zero-order valence-corrected chi connectivity index (χ0v) is 16.9. The van der Waals surface area contributed by atoms with Gasteiger partial charge in [-0.2, -0.15) is 0 Å². The number of hydrogen-bond donors (Lipinski definition) is 3. The van der Waals surface area contributed by atoms with Gasteiger partial charge >= 0.3 is 12.1 Å². The van der Waals surface area contributed by atoms with Crippen molar-refractivity contribution < 1.29 is 27.9 Å². The number of primary sulfonamides is 1. The summed E-state index contributed by atoms with van der Waals surface area (Å²) in [4.78, 5) is 23.5. The van der Waals surface area contributed by atoms with Crippen LogP contribution in [0.15, 0.2) is 71.6 Å². The maximum Gasteiger partial charge on any atom is 0.411 e. The van der Waals surface area contributed by atoms with Crippen LogP contribution in [0.5, 0.6) is 0 Å². The van der Waals surface area contributed by atoms with E-state index in [0.717, 1.165) is 40.5 Å². The Kier molecular flexibility index (Phi) is 5.22. The number of carbonyl (C=O) groups excluding carboxylic acids is 1. The van der Waals surface area contributed by atoms with Crippen LogP contribution in [0.3, 0.4) is 0 Å². The van der Waals surface area contributed by atoms with E-state index in [9.17, 15) is 23.1 Å². The van der Waals surface area contributed by atoms with E-state index in [0.29, 0.717) is 0 Å². The quantitative estimate of drug-likeness (QED) is 0.559. The second-order valence-electron chi connectivity index (χ2n) is 7.01. The topological polar surface area (TPSA) is 136 Å². The second kappa shape index (κ2) is 7.86. The molecule has 3 aromatic rings. The standard InChI is InChI=1S/C22H18N2O6S/c23-31(28,29)13-9-10-20(18(11-13)21(25)26)24-22(27)30-12-19-16-7-3-1-5-14(16)15-6-2-4-8-17(15)19/h1-11,19H,12H2,(H,24,27)(H,25,26)(H2,23,28,29). The zero-order chi connectivity index (χ0) is 22.2.